The monoisotopic (exact) mass is 492 g/mol. The molecule has 0 spiro atoms. The van der Waals surface area contributed by atoms with Gasteiger partial charge >= 0.3 is 46.1 Å². The lowest BCUT2D eigenvalue weighted by Crippen LogP contribution is -2.26. The van der Waals surface area contributed by atoms with Gasteiger partial charge in [-0.15, -0.1) is 0 Å². The summed E-state index contributed by atoms with van der Waals surface area (Å²) in [5.74, 6) is 0. The second-order valence-corrected chi connectivity index (χ2v) is 9.47. The van der Waals surface area contributed by atoms with Crippen molar-refractivity contribution in [2.24, 2.45) is 0 Å². The van der Waals surface area contributed by atoms with Crippen LogP contribution in [0.1, 0.15) is 102 Å². The van der Waals surface area contributed by atoms with Gasteiger partial charge in [-0.2, -0.15) is 0 Å². The average Bonchev–Trinajstić information content (AvgIpc) is 3.00. The average molecular weight is 494 g/mol. The first kappa shape index (κ1) is 28.5. The Kier molecular flexibility index (Phi) is 13.8. The molecular weight excluding hydrogens is 453 g/mol. The van der Waals surface area contributed by atoms with Crippen LogP contribution in [0.3, 0.4) is 0 Å². The summed E-state index contributed by atoms with van der Waals surface area (Å²) in [5.41, 5.74) is 6.29. The Balaban J connectivity index is 0.00000225. The summed E-state index contributed by atoms with van der Waals surface area (Å²) in [4.78, 5) is 0. The normalized spacial score (nSPS) is 13.2. The van der Waals surface area contributed by atoms with Crippen LogP contribution in [0.2, 0.25) is 0 Å². The Morgan fingerprint density at radius 3 is 1.77 bits per heavy atom. The Morgan fingerprint density at radius 2 is 1.17 bits per heavy atom. The molecule has 30 heavy (non-hydrogen) atoms. The Bertz CT molecular complexity index is 742. The Labute approximate surface area is 225 Å². The zero-order valence-corrected chi connectivity index (χ0v) is 19.5. The molecule has 1 aliphatic rings. The number of hydrogen-bond donors (Lipinski definition) is 0. The third-order valence-corrected chi connectivity index (χ3v) is 7.30. The van der Waals surface area contributed by atoms with E-state index in [2.05, 4.69) is 72.2 Å². The molecule has 3 heteroatoms. The highest BCUT2D eigenvalue weighted by atomic mass is 79.9. The molecule has 0 nitrogen and oxygen atoms in total. The molecule has 2 aromatic rings. The lowest BCUT2D eigenvalue weighted by molar-refractivity contribution is 0.397. The van der Waals surface area contributed by atoms with Gasteiger partial charge in [0, 0.05) is 9.89 Å². The maximum absolute atomic E-state index is 3.95. The second-order valence-electron chi connectivity index (χ2n) is 8.62. The molecule has 1 aliphatic carbocycles. The number of rotatable bonds is 12. The van der Waals surface area contributed by atoms with E-state index >= 15 is 0 Å². The Morgan fingerprint density at radius 1 is 0.633 bits per heavy atom. The first-order valence-corrected chi connectivity index (χ1v) is 12.4. The van der Waals surface area contributed by atoms with Crippen molar-refractivity contribution in [2.75, 3.05) is 0 Å². The zero-order valence-electron chi connectivity index (χ0n) is 17.9. The van der Waals surface area contributed by atoms with Crippen LogP contribution in [0, 0.1) is 0 Å². The number of halogens is 1. The molecule has 0 unspecified atom stereocenters. The van der Waals surface area contributed by atoms with Crippen LogP contribution in [0.15, 0.2) is 46.9 Å². The molecule has 0 bridgehead atoms. The number of benzene rings is 2. The number of unbranched alkanes of at least 4 members (excludes halogenated alkanes) is 8. The zero-order chi connectivity index (χ0) is 19.8. The summed E-state index contributed by atoms with van der Waals surface area (Å²) in [6.07, 6.45) is 16.1. The summed E-state index contributed by atoms with van der Waals surface area (Å²) in [6.45, 7) is 4.61. The van der Waals surface area contributed by atoms with Gasteiger partial charge in [-0.3, -0.25) is 0 Å². The summed E-state index contributed by atoms with van der Waals surface area (Å²) < 4.78 is 1.31. The molecule has 0 fully saturated rings. The molecule has 0 radical (unpaired) electrons. The maximum Gasteiger partial charge on any atom is 0.316 e. The fourth-order valence-electron chi connectivity index (χ4n) is 5.21. The van der Waals surface area contributed by atoms with Crippen molar-refractivity contribution in [3.8, 4) is 11.1 Å². The summed E-state index contributed by atoms with van der Waals surface area (Å²) in [7, 11) is 0. The smallest absolute Gasteiger partial charge is 0.0654 e. The first-order chi connectivity index (χ1) is 13.7. The van der Waals surface area contributed by atoms with E-state index in [4.69, 9.17) is 0 Å². The van der Waals surface area contributed by atoms with Gasteiger partial charge < -0.3 is 0 Å². The van der Waals surface area contributed by atoms with Crippen molar-refractivity contribution in [1.82, 2.24) is 0 Å². The van der Waals surface area contributed by atoms with E-state index in [1.165, 1.54) is 92.6 Å². The van der Waals surface area contributed by atoms with Gasteiger partial charge in [0.2, 0.25) is 0 Å². The number of fused-ring (bicyclic) bond motifs is 3. The van der Waals surface area contributed by atoms with Crippen LogP contribution in [0.4, 0.5) is 0 Å². The van der Waals surface area contributed by atoms with E-state index in [1.54, 1.807) is 11.1 Å². The minimum absolute atomic E-state index is 0. The standard InChI is InChI=1S/C27H37Br.2Mg.4H/c1-3-5-7-9-13-20-27(21-14-10-8-6-4-2)24-18-12-11-16-22(24)23-17-15-19-25(28)26(23)27;;;;;;/h11-12,15-19H,3-10,13-14,20-21H2,1-2H3;;;;;;. The first-order valence-electron chi connectivity index (χ1n) is 11.6. The van der Waals surface area contributed by atoms with E-state index in [9.17, 15) is 0 Å². The molecule has 0 amide bonds. The quantitative estimate of drug-likeness (QED) is 0.211. The van der Waals surface area contributed by atoms with Crippen molar-refractivity contribution in [3.05, 3.63) is 58.1 Å². The van der Waals surface area contributed by atoms with E-state index in [0.717, 1.165) is 0 Å². The molecule has 0 saturated carbocycles. The molecule has 0 atom stereocenters. The van der Waals surface area contributed by atoms with Crippen molar-refractivity contribution in [2.45, 2.75) is 96.3 Å². The summed E-state index contributed by atoms with van der Waals surface area (Å²) in [5, 5.41) is 0. The molecule has 0 aliphatic heterocycles. The van der Waals surface area contributed by atoms with Gasteiger partial charge in [0.15, 0.2) is 0 Å². The molecule has 160 valence electrons. The van der Waals surface area contributed by atoms with E-state index in [-0.39, 0.29) is 51.5 Å². The second kappa shape index (κ2) is 14.6. The van der Waals surface area contributed by atoms with Crippen molar-refractivity contribution in [3.63, 3.8) is 0 Å². The van der Waals surface area contributed by atoms with Crippen LogP contribution >= 0.6 is 15.9 Å². The third kappa shape index (κ3) is 6.50. The fourth-order valence-corrected chi connectivity index (χ4v) is 5.96. The van der Waals surface area contributed by atoms with E-state index in [0.29, 0.717) is 0 Å². The third-order valence-electron chi connectivity index (χ3n) is 6.64. The van der Waals surface area contributed by atoms with Crippen LogP contribution in [0.5, 0.6) is 0 Å². The van der Waals surface area contributed by atoms with Gasteiger partial charge in [0.25, 0.3) is 0 Å². The highest BCUT2D eigenvalue weighted by Crippen LogP contribution is 2.56. The molecule has 0 N–H and O–H groups in total. The van der Waals surface area contributed by atoms with Crippen LogP contribution in [-0.4, -0.2) is 46.1 Å². The van der Waals surface area contributed by atoms with Crippen LogP contribution < -0.4 is 0 Å². The van der Waals surface area contributed by atoms with Crippen LogP contribution in [0.25, 0.3) is 11.1 Å². The topological polar surface area (TPSA) is 0 Å². The predicted molar refractivity (Wildman–Crippen MR) is 144 cm³/mol. The minimum Gasteiger partial charge on any atom is -0.0654 e. The summed E-state index contributed by atoms with van der Waals surface area (Å²) >= 11 is 3.95. The minimum atomic E-state index is 0. The van der Waals surface area contributed by atoms with Gasteiger partial charge in [0.1, 0.15) is 0 Å². The highest BCUT2D eigenvalue weighted by Gasteiger charge is 2.43. The predicted octanol–water partition coefficient (Wildman–Crippen LogP) is 7.60. The summed E-state index contributed by atoms with van der Waals surface area (Å²) in [6, 6.07) is 16.0. The molecule has 0 aromatic heterocycles. The highest BCUT2D eigenvalue weighted by molar-refractivity contribution is 9.10. The van der Waals surface area contributed by atoms with E-state index < -0.39 is 0 Å². The van der Waals surface area contributed by atoms with Gasteiger partial charge in [0.05, 0.1) is 0 Å². The SMILES string of the molecule is CCCCCCCC1(CCCCCCC)c2ccccc2-c2cccc(Br)c21.[MgH2].[MgH2]. The lowest BCUT2D eigenvalue weighted by atomic mass is 9.70. The molecule has 2 aromatic carbocycles. The number of hydrogen-bond acceptors (Lipinski definition) is 0. The fraction of sp³-hybridized carbons (Fsp3) is 0.556. The van der Waals surface area contributed by atoms with Crippen molar-refractivity contribution >= 4 is 62.0 Å². The molecule has 3 rings (SSSR count). The van der Waals surface area contributed by atoms with E-state index in [1.807, 2.05) is 0 Å². The van der Waals surface area contributed by atoms with Crippen LogP contribution in [-0.2, 0) is 5.41 Å². The molecule has 0 saturated heterocycles. The maximum atomic E-state index is 3.95. The van der Waals surface area contributed by atoms with Gasteiger partial charge in [-0.05, 0) is 41.2 Å². The van der Waals surface area contributed by atoms with Crippen molar-refractivity contribution < 1.29 is 0 Å². The Hall–Kier alpha value is 0.452. The van der Waals surface area contributed by atoms with Gasteiger partial charge in [-0.1, -0.05) is 130 Å². The largest absolute Gasteiger partial charge is 0.316 e. The van der Waals surface area contributed by atoms with Crippen molar-refractivity contribution in [1.29, 1.82) is 0 Å². The molecular formula is C27H41BrMg2. The van der Waals surface area contributed by atoms with Gasteiger partial charge in [-0.25, -0.2) is 0 Å². The molecule has 0 heterocycles. The lowest BCUT2D eigenvalue weighted by Gasteiger charge is -2.33.